The fourth-order valence-corrected chi connectivity index (χ4v) is 3.47. The summed E-state index contributed by atoms with van der Waals surface area (Å²) in [6, 6.07) is 15.7. The molecule has 0 unspecified atom stereocenters. The van der Waals surface area contributed by atoms with Crippen molar-refractivity contribution < 1.29 is 14.5 Å². The highest BCUT2D eigenvalue weighted by molar-refractivity contribution is 6.02. The summed E-state index contributed by atoms with van der Waals surface area (Å²) in [5.41, 5.74) is 2.07. The fourth-order valence-electron chi connectivity index (χ4n) is 3.47. The van der Waals surface area contributed by atoms with E-state index in [1.165, 1.54) is 12.1 Å². The quantitative estimate of drug-likeness (QED) is 0.564. The molecule has 1 aromatic heterocycles. The number of carbonyl (C=O) groups is 1. The van der Waals surface area contributed by atoms with E-state index in [0.29, 0.717) is 24.2 Å². The van der Waals surface area contributed by atoms with Gasteiger partial charge in [-0.05, 0) is 24.1 Å². The van der Waals surface area contributed by atoms with E-state index < -0.39 is 11.0 Å². The average molecular weight is 363 g/mol. The molecule has 27 heavy (non-hydrogen) atoms. The summed E-state index contributed by atoms with van der Waals surface area (Å²) in [4.78, 5) is 27.8. The van der Waals surface area contributed by atoms with Crippen LogP contribution in [0, 0.1) is 10.1 Å². The van der Waals surface area contributed by atoms with Crippen molar-refractivity contribution in [3.8, 4) is 0 Å². The Balaban J connectivity index is 1.59. The molecule has 4 rings (SSSR count). The van der Waals surface area contributed by atoms with Crippen LogP contribution in [-0.4, -0.2) is 28.5 Å². The van der Waals surface area contributed by atoms with Crippen molar-refractivity contribution in [3.63, 3.8) is 0 Å². The molecular formula is C20H17N3O4. The second-order valence-corrected chi connectivity index (χ2v) is 6.41. The van der Waals surface area contributed by atoms with Gasteiger partial charge in [0.15, 0.2) is 0 Å². The van der Waals surface area contributed by atoms with Gasteiger partial charge in [-0.1, -0.05) is 30.3 Å². The number of nitrogens with one attached hydrogen (secondary N) is 1. The number of ether oxygens (including phenoxy) is 1. The number of anilines is 1. The third-order valence-corrected chi connectivity index (χ3v) is 4.75. The van der Waals surface area contributed by atoms with Gasteiger partial charge < -0.3 is 10.1 Å². The topological polar surface area (TPSA) is 94.4 Å². The maximum Gasteiger partial charge on any atom is 0.269 e. The van der Waals surface area contributed by atoms with Gasteiger partial charge in [-0.15, -0.1) is 0 Å². The van der Waals surface area contributed by atoms with Crippen molar-refractivity contribution in [2.75, 3.05) is 11.9 Å². The average Bonchev–Trinajstić information content (AvgIpc) is 3.18. The number of non-ortho nitro benzene ring substituents is 1. The normalized spacial score (nSPS) is 19.1. The number of nitrogens with zero attached hydrogens (tertiary/aromatic N) is 2. The third kappa shape index (κ3) is 3.37. The summed E-state index contributed by atoms with van der Waals surface area (Å²) < 4.78 is 5.66. The van der Waals surface area contributed by atoms with Crippen molar-refractivity contribution >= 4 is 28.2 Å². The van der Waals surface area contributed by atoms with Gasteiger partial charge in [0.1, 0.15) is 6.10 Å². The minimum atomic E-state index is -0.703. The first-order valence-electron chi connectivity index (χ1n) is 8.64. The molecule has 1 aliphatic rings. The SMILES string of the molecule is O=C(Nc1cccc2cccnc12)[C@H]1OCC[C@H]1c1cccc([N+](=O)[O-])c1. The van der Waals surface area contributed by atoms with Crippen LogP contribution in [0.4, 0.5) is 11.4 Å². The minimum absolute atomic E-state index is 0.0109. The highest BCUT2D eigenvalue weighted by atomic mass is 16.6. The van der Waals surface area contributed by atoms with Crippen LogP contribution in [0.3, 0.4) is 0 Å². The van der Waals surface area contributed by atoms with Gasteiger partial charge in [-0.3, -0.25) is 19.9 Å². The third-order valence-electron chi connectivity index (χ3n) is 4.75. The summed E-state index contributed by atoms with van der Waals surface area (Å²) >= 11 is 0. The summed E-state index contributed by atoms with van der Waals surface area (Å²) in [5.74, 6) is -0.505. The lowest BCUT2D eigenvalue weighted by Gasteiger charge is -2.19. The Hall–Kier alpha value is -3.32. The zero-order valence-electron chi connectivity index (χ0n) is 14.4. The largest absolute Gasteiger partial charge is 0.368 e. The highest BCUT2D eigenvalue weighted by Gasteiger charge is 2.36. The summed E-state index contributed by atoms with van der Waals surface area (Å²) in [7, 11) is 0. The molecular weight excluding hydrogens is 346 g/mol. The van der Waals surface area contributed by atoms with Crippen LogP contribution >= 0.6 is 0 Å². The number of para-hydroxylation sites is 1. The number of carbonyl (C=O) groups excluding carboxylic acids is 1. The molecule has 1 amide bonds. The van der Waals surface area contributed by atoms with Gasteiger partial charge in [0, 0.05) is 36.2 Å². The monoisotopic (exact) mass is 363 g/mol. The number of benzene rings is 2. The van der Waals surface area contributed by atoms with Gasteiger partial charge in [0.05, 0.1) is 16.1 Å². The molecule has 136 valence electrons. The molecule has 1 N–H and O–H groups in total. The molecule has 7 heteroatoms. The molecule has 0 aliphatic carbocycles. The predicted octanol–water partition coefficient (Wildman–Crippen LogP) is 3.65. The van der Waals surface area contributed by atoms with Gasteiger partial charge in [-0.25, -0.2) is 0 Å². The second kappa shape index (κ2) is 7.13. The lowest BCUT2D eigenvalue weighted by atomic mass is 9.91. The second-order valence-electron chi connectivity index (χ2n) is 6.41. The van der Waals surface area contributed by atoms with E-state index in [1.807, 2.05) is 24.3 Å². The minimum Gasteiger partial charge on any atom is -0.368 e. The van der Waals surface area contributed by atoms with Crippen LogP contribution in [0.5, 0.6) is 0 Å². The zero-order chi connectivity index (χ0) is 18.8. The summed E-state index contributed by atoms with van der Waals surface area (Å²) in [5, 5.41) is 14.9. The Bertz CT molecular complexity index is 1020. The van der Waals surface area contributed by atoms with Crippen LogP contribution in [0.25, 0.3) is 10.9 Å². The zero-order valence-corrected chi connectivity index (χ0v) is 14.4. The van der Waals surface area contributed by atoms with Crippen LogP contribution in [0.1, 0.15) is 17.9 Å². The molecule has 0 radical (unpaired) electrons. The van der Waals surface area contributed by atoms with Crippen LogP contribution in [-0.2, 0) is 9.53 Å². The molecule has 7 nitrogen and oxygen atoms in total. The Kier molecular flexibility index (Phi) is 4.52. The van der Waals surface area contributed by atoms with Crippen molar-refractivity contribution in [3.05, 3.63) is 76.5 Å². The lowest BCUT2D eigenvalue weighted by molar-refractivity contribution is -0.384. The van der Waals surface area contributed by atoms with E-state index in [4.69, 9.17) is 4.74 Å². The van der Waals surface area contributed by atoms with Crippen molar-refractivity contribution in [2.45, 2.75) is 18.4 Å². The molecule has 2 aromatic carbocycles. The molecule has 1 fully saturated rings. The number of pyridine rings is 1. The maximum absolute atomic E-state index is 12.9. The summed E-state index contributed by atoms with van der Waals surface area (Å²) in [6.45, 7) is 0.430. The number of rotatable bonds is 4. The number of hydrogen-bond acceptors (Lipinski definition) is 5. The van der Waals surface area contributed by atoms with E-state index >= 15 is 0 Å². The molecule has 1 aliphatic heterocycles. The standard InChI is InChI=1S/C20H17N3O4/c24-20(22-17-8-2-4-13-6-3-10-21-18(13)17)19-16(9-11-27-19)14-5-1-7-15(12-14)23(25)26/h1-8,10,12,16,19H,9,11H2,(H,22,24)/t16-,19-/m0/s1. The lowest BCUT2D eigenvalue weighted by Crippen LogP contribution is -2.31. The van der Waals surface area contributed by atoms with Crippen LogP contribution in [0.15, 0.2) is 60.8 Å². The Morgan fingerprint density at radius 3 is 2.85 bits per heavy atom. The van der Waals surface area contributed by atoms with E-state index in [1.54, 1.807) is 24.4 Å². The molecule has 2 atom stereocenters. The smallest absolute Gasteiger partial charge is 0.269 e. The molecule has 0 bridgehead atoms. The molecule has 3 aromatic rings. The Labute approximate surface area is 155 Å². The van der Waals surface area contributed by atoms with E-state index in [0.717, 1.165) is 10.9 Å². The fraction of sp³-hybridized carbons (Fsp3) is 0.200. The number of nitro benzene ring substituents is 1. The van der Waals surface area contributed by atoms with Crippen LogP contribution < -0.4 is 5.32 Å². The van der Waals surface area contributed by atoms with Crippen LogP contribution in [0.2, 0.25) is 0 Å². The number of fused-ring (bicyclic) bond motifs is 1. The van der Waals surface area contributed by atoms with Gasteiger partial charge in [-0.2, -0.15) is 0 Å². The number of amides is 1. The number of aromatic nitrogens is 1. The van der Waals surface area contributed by atoms with Gasteiger partial charge in [0.25, 0.3) is 11.6 Å². The first-order chi connectivity index (χ1) is 13.1. The predicted molar refractivity (Wildman–Crippen MR) is 101 cm³/mol. The Morgan fingerprint density at radius 2 is 2.00 bits per heavy atom. The number of nitro groups is 1. The maximum atomic E-state index is 12.9. The van der Waals surface area contributed by atoms with Crippen molar-refractivity contribution in [1.29, 1.82) is 0 Å². The molecule has 2 heterocycles. The van der Waals surface area contributed by atoms with Gasteiger partial charge >= 0.3 is 0 Å². The first-order valence-corrected chi connectivity index (χ1v) is 8.64. The van der Waals surface area contributed by atoms with E-state index in [2.05, 4.69) is 10.3 Å². The molecule has 0 spiro atoms. The van der Waals surface area contributed by atoms with Crippen molar-refractivity contribution in [2.24, 2.45) is 0 Å². The van der Waals surface area contributed by atoms with E-state index in [-0.39, 0.29) is 17.5 Å². The number of hydrogen-bond donors (Lipinski definition) is 1. The van der Waals surface area contributed by atoms with E-state index in [9.17, 15) is 14.9 Å². The Morgan fingerprint density at radius 1 is 1.19 bits per heavy atom. The molecule has 0 saturated carbocycles. The van der Waals surface area contributed by atoms with Gasteiger partial charge in [0.2, 0.25) is 0 Å². The van der Waals surface area contributed by atoms with Crippen molar-refractivity contribution in [1.82, 2.24) is 4.98 Å². The first kappa shape index (κ1) is 17.1. The highest BCUT2D eigenvalue weighted by Crippen LogP contribution is 2.34. The molecule has 1 saturated heterocycles. The summed E-state index contributed by atoms with van der Waals surface area (Å²) in [6.07, 6.45) is 1.61.